The van der Waals surface area contributed by atoms with E-state index in [4.69, 9.17) is 4.74 Å². The Labute approximate surface area is 108 Å². The Bertz CT molecular complexity index is 205. The number of likely N-dealkylation sites (N-methyl/N-ethyl adjacent to an activating group) is 1. The second-order valence-corrected chi connectivity index (χ2v) is 6.09. The molecule has 0 spiro atoms. The van der Waals surface area contributed by atoms with Gasteiger partial charge in [-0.05, 0) is 44.1 Å². The maximum absolute atomic E-state index is 6.36. The summed E-state index contributed by atoms with van der Waals surface area (Å²) in [7, 11) is 2.01. The highest BCUT2D eigenvalue weighted by molar-refractivity contribution is 4.82. The largest absolute Gasteiger partial charge is 0.373 e. The van der Waals surface area contributed by atoms with Gasteiger partial charge in [0, 0.05) is 6.54 Å². The summed E-state index contributed by atoms with van der Waals surface area (Å²) in [6.45, 7) is 10.3. The second-order valence-electron chi connectivity index (χ2n) is 6.09. The third-order valence-electron chi connectivity index (χ3n) is 4.22. The topological polar surface area (TPSA) is 21.3 Å². The molecular formula is C15H31NO. The molecule has 102 valence electrons. The summed E-state index contributed by atoms with van der Waals surface area (Å²) in [6.07, 6.45) is 5.96. The third kappa shape index (κ3) is 4.59. The predicted molar refractivity (Wildman–Crippen MR) is 74.2 cm³/mol. The summed E-state index contributed by atoms with van der Waals surface area (Å²) < 4.78 is 6.36. The minimum atomic E-state index is 0.386. The minimum Gasteiger partial charge on any atom is -0.373 e. The van der Waals surface area contributed by atoms with Gasteiger partial charge in [-0.1, -0.05) is 34.1 Å². The van der Waals surface area contributed by atoms with E-state index in [9.17, 15) is 0 Å². The molecule has 0 bridgehead atoms. The lowest BCUT2D eigenvalue weighted by Gasteiger charge is -2.39. The standard InChI is InChI=1S/C15H31NO/c1-6-13(10-16-5)17-15-9-12(4)7-8-14(15)11(2)3/h11-16H,6-10H2,1-5H3. The summed E-state index contributed by atoms with van der Waals surface area (Å²) in [5.41, 5.74) is 0. The van der Waals surface area contributed by atoms with Crippen molar-refractivity contribution in [2.45, 2.75) is 65.6 Å². The summed E-state index contributed by atoms with van der Waals surface area (Å²) in [5, 5.41) is 3.24. The van der Waals surface area contributed by atoms with Crippen molar-refractivity contribution in [1.29, 1.82) is 0 Å². The van der Waals surface area contributed by atoms with E-state index in [1.807, 2.05) is 7.05 Å². The van der Waals surface area contributed by atoms with Crippen LogP contribution >= 0.6 is 0 Å². The van der Waals surface area contributed by atoms with Crippen LogP contribution in [-0.4, -0.2) is 25.8 Å². The average molecular weight is 241 g/mol. The van der Waals surface area contributed by atoms with Gasteiger partial charge in [0.15, 0.2) is 0 Å². The molecule has 17 heavy (non-hydrogen) atoms. The van der Waals surface area contributed by atoms with E-state index in [0.717, 1.165) is 30.7 Å². The highest BCUT2D eigenvalue weighted by atomic mass is 16.5. The molecule has 4 atom stereocenters. The van der Waals surface area contributed by atoms with Crippen molar-refractivity contribution in [2.75, 3.05) is 13.6 Å². The lowest BCUT2D eigenvalue weighted by atomic mass is 9.75. The molecule has 1 saturated carbocycles. The Kier molecular flexibility index (Phi) is 6.50. The van der Waals surface area contributed by atoms with Crippen LogP contribution < -0.4 is 5.32 Å². The van der Waals surface area contributed by atoms with Crippen LogP contribution in [0.2, 0.25) is 0 Å². The van der Waals surface area contributed by atoms with Crippen LogP contribution in [0.15, 0.2) is 0 Å². The monoisotopic (exact) mass is 241 g/mol. The quantitative estimate of drug-likeness (QED) is 0.769. The molecule has 0 saturated heterocycles. The van der Waals surface area contributed by atoms with Crippen LogP contribution in [0.4, 0.5) is 0 Å². The maximum atomic E-state index is 6.36. The summed E-state index contributed by atoms with van der Waals surface area (Å²) in [4.78, 5) is 0. The zero-order chi connectivity index (χ0) is 12.8. The van der Waals surface area contributed by atoms with Gasteiger partial charge in [0.1, 0.15) is 0 Å². The van der Waals surface area contributed by atoms with Crippen LogP contribution in [0.5, 0.6) is 0 Å². The third-order valence-corrected chi connectivity index (χ3v) is 4.22. The molecule has 2 heteroatoms. The number of hydrogen-bond donors (Lipinski definition) is 1. The van der Waals surface area contributed by atoms with Gasteiger partial charge in [-0.2, -0.15) is 0 Å². The Morgan fingerprint density at radius 1 is 1.29 bits per heavy atom. The molecule has 0 aliphatic heterocycles. The number of nitrogens with one attached hydrogen (secondary N) is 1. The lowest BCUT2D eigenvalue weighted by Crippen LogP contribution is -2.39. The fourth-order valence-corrected chi connectivity index (χ4v) is 3.03. The van der Waals surface area contributed by atoms with E-state index in [1.54, 1.807) is 0 Å². The normalized spacial score (nSPS) is 31.8. The predicted octanol–water partition coefficient (Wildman–Crippen LogP) is 3.46. The van der Waals surface area contributed by atoms with Gasteiger partial charge in [0.05, 0.1) is 12.2 Å². The number of rotatable bonds is 6. The van der Waals surface area contributed by atoms with Gasteiger partial charge in [-0.15, -0.1) is 0 Å². The highest BCUT2D eigenvalue weighted by Crippen LogP contribution is 2.35. The molecule has 0 aromatic heterocycles. The maximum Gasteiger partial charge on any atom is 0.0700 e. The summed E-state index contributed by atoms with van der Waals surface area (Å²) in [6, 6.07) is 0. The van der Waals surface area contributed by atoms with E-state index in [-0.39, 0.29) is 0 Å². The Morgan fingerprint density at radius 2 is 2.00 bits per heavy atom. The van der Waals surface area contributed by atoms with Gasteiger partial charge >= 0.3 is 0 Å². The zero-order valence-corrected chi connectivity index (χ0v) is 12.3. The van der Waals surface area contributed by atoms with Gasteiger partial charge in [0.2, 0.25) is 0 Å². The molecule has 1 aliphatic carbocycles. The Hall–Kier alpha value is -0.0800. The molecule has 1 N–H and O–H groups in total. The van der Waals surface area contributed by atoms with Gasteiger partial charge < -0.3 is 10.1 Å². The fraction of sp³-hybridized carbons (Fsp3) is 1.00. The molecule has 1 aliphatic rings. The highest BCUT2D eigenvalue weighted by Gasteiger charge is 2.32. The molecule has 2 nitrogen and oxygen atoms in total. The summed E-state index contributed by atoms with van der Waals surface area (Å²) in [5.74, 6) is 2.35. The molecule has 0 aromatic carbocycles. The van der Waals surface area contributed by atoms with Gasteiger partial charge in [-0.25, -0.2) is 0 Å². The molecule has 0 heterocycles. The minimum absolute atomic E-state index is 0.386. The van der Waals surface area contributed by atoms with Crippen LogP contribution in [0.1, 0.15) is 53.4 Å². The van der Waals surface area contributed by atoms with Crippen molar-refractivity contribution in [1.82, 2.24) is 5.32 Å². The van der Waals surface area contributed by atoms with Crippen molar-refractivity contribution in [2.24, 2.45) is 17.8 Å². The average Bonchev–Trinajstić information content (AvgIpc) is 2.28. The smallest absolute Gasteiger partial charge is 0.0700 e. The van der Waals surface area contributed by atoms with Gasteiger partial charge in [-0.3, -0.25) is 0 Å². The first-order chi connectivity index (χ1) is 8.08. The van der Waals surface area contributed by atoms with E-state index < -0.39 is 0 Å². The van der Waals surface area contributed by atoms with Crippen LogP contribution in [0, 0.1) is 17.8 Å². The lowest BCUT2D eigenvalue weighted by molar-refractivity contribution is -0.0796. The number of ether oxygens (including phenoxy) is 1. The van der Waals surface area contributed by atoms with Crippen molar-refractivity contribution in [3.05, 3.63) is 0 Å². The van der Waals surface area contributed by atoms with Crippen molar-refractivity contribution >= 4 is 0 Å². The number of hydrogen-bond acceptors (Lipinski definition) is 2. The molecule has 0 aromatic rings. The zero-order valence-electron chi connectivity index (χ0n) is 12.3. The van der Waals surface area contributed by atoms with E-state index >= 15 is 0 Å². The molecule has 0 amide bonds. The molecule has 4 unspecified atom stereocenters. The van der Waals surface area contributed by atoms with E-state index in [2.05, 4.69) is 33.0 Å². The van der Waals surface area contributed by atoms with Crippen molar-refractivity contribution < 1.29 is 4.74 Å². The first-order valence-electron chi connectivity index (χ1n) is 7.38. The Morgan fingerprint density at radius 3 is 2.53 bits per heavy atom. The first kappa shape index (κ1) is 15.0. The molecule has 1 fully saturated rings. The van der Waals surface area contributed by atoms with E-state index in [0.29, 0.717) is 12.2 Å². The van der Waals surface area contributed by atoms with Crippen molar-refractivity contribution in [3.63, 3.8) is 0 Å². The van der Waals surface area contributed by atoms with Crippen LogP contribution in [-0.2, 0) is 4.74 Å². The van der Waals surface area contributed by atoms with E-state index in [1.165, 1.54) is 19.3 Å². The second kappa shape index (κ2) is 7.38. The van der Waals surface area contributed by atoms with Crippen molar-refractivity contribution in [3.8, 4) is 0 Å². The first-order valence-corrected chi connectivity index (χ1v) is 7.38. The van der Waals surface area contributed by atoms with Gasteiger partial charge in [0.25, 0.3) is 0 Å². The molecule has 0 radical (unpaired) electrons. The molecule has 1 rings (SSSR count). The van der Waals surface area contributed by atoms with Crippen LogP contribution in [0.3, 0.4) is 0 Å². The SMILES string of the molecule is CCC(CNC)OC1CC(C)CCC1C(C)C. The van der Waals surface area contributed by atoms with Crippen LogP contribution in [0.25, 0.3) is 0 Å². The fourth-order valence-electron chi connectivity index (χ4n) is 3.03. The molecular weight excluding hydrogens is 210 g/mol. The Balaban J connectivity index is 2.55. The summed E-state index contributed by atoms with van der Waals surface area (Å²) >= 11 is 0.